The van der Waals surface area contributed by atoms with Gasteiger partial charge in [0.05, 0.1) is 31.6 Å². The Morgan fingerprint density at radius 3 is 2.67 bits per heavy atom. The smallest absolute Gasteiger partial charge is 0.336 e. The van der Waals surface area contributed by atoms with Crippen molar-refractivity contribution < 1.29 is 19.1 Å². The van der Waals surface area contributed by atoms with E-state index < -0.39 is 11.9 Å². The number of nitrogens with zero attached hydrogens (tertiary/aromatic N) is 1. The number of nitrogens with one attached hydrogen (secondary N) is 1. The van der Waals surface area contributed by atoms with E-state index in [-0.39, 0.29) is 17.8 Å². The highest BCUT2D eigenvalue weighted by molar-refractivity contribution is 6.04. The summed E-state index contributed by atoms with van der Waals surface area (Å²) in [5.41, 5.74) is 8.61. The lowest BCUT2D eigenvalue weighted by Crippen LogP contribution is -2.40. The molecule has 0 radical (unpaired) electrons. The number of hydrogen-bond acceptors (Lipinski definition) is 7. The number of allylic oxidation sites excluding steroid dienone is 2. The minimum atomic E-state index is -0.530. The molecule has 7 nitrogen and oxygen atoms in total. The van der Waals surface area contributed by atoms with Gasteiger partial charge in [0, 0.05) is 42.5 Å². The molecule has 0 spiro atoms. The van der Waals surface area contributed by atoms with Gasteiger partial charge in [-0.2, -0.15) is 0 Å². The molecule has 3 rings (SSSR count). The van der Waals surface area contributed by atoms with Gasteiger partial charge < -0.3 is 20.5 Å². The van der Waals surface area contributed by atoms with Crippen molar-refractivity contribution in [3.8, 4) is 0 Å². The zero-order valence-electron chi connectivity index (χ0n) is 18.6. The van der Waals surface area contributed by atoms with Crippen LogP contribution in [0.15, 0.2) is 47.1 Å². The van der Waals surface area contributed by atoms with E-state index in [0.717, 1.165) is 11.3 Å². The monoisotopic (exact) mass is 415 g/mol. The van der Waals surface area contributed by atoms with Crippen LogP contribution in [0.5, 0.6) is 0 Å². The highest BCUT2D eigenvalue weighted by Crippen LogP contribution is 2.46. The number of pyridine rings is 1. The van der Waals surface area contributed by atoms with E-state index in [1.807, 2.05) is 19.9 Å². The SMILES string of the molecule is CC.COC(=O)C1=C(COCCN)NC2=C(C(=O)CC(C)(C)C2)C1c1cccnc1. The summed E-state index contributed by atoms with van der Waals surface area (Å²) < 4.78 is 10.7. The number of hydrogen-bond donors (Lipinski definition) is 2. The van der Waals surface area contributed by atoms with E-state index in [1.165, 1.54) is 7.11 Å². The van der Waals surface area contributed by atoms with Crippen LogP contribution >= 0.6 is 0 Å². The third kappa shape index (κ3) is 5.15. The molecule has 1 atom stereocenters. The molecule has 1 aromatic rings. The van der Waals surface area contributed by atoms with Gasteiger partial charge in [-0.15, -0.1) is 0 Å². The van der Waals surface area contributed by atoms with Crippen LogP contribution in [0.2, 0.25) is 0 Å². The van der Waals surface area contributed by atoms with Crippen LogP contribution in [0.25, 0.3) is 0 Å². The Morgan fingerprint density at radius 1 is 1.33 bits per heavy atom. The molecule has 3 N–H and O–H groups in total. The number of carbonyl (C=O) groups is 2. The van der Waals surface area contributed by atoms with Gasteiger partial charge in [-0.1, -0.05) is 33.8 Å². The second-order valence-electron chi connectivity index (χ2n) is 7.90. The molecule has 0 bridgehead atoms. The maximum atomic E-state index is 13.1. The molecule has 2 aliphatic rings. The minimum absolute atomic E-state index is 0.0379. The molecule has 1 aliphatic heterocycles. The van der Waals surface area contributed by atoms with Gasteiger partial charge in [0.1, 0.15) is 0 Å². The second-order valence-corrected chi connectivity index (χ2v) is 7.90. The Kier molecular flexibility index (Phi) is 8.32. The Bertz CT molecular complexity index is 828. The van der Waals surface area contributed by atoms with Gasteiger partial charge in [-0.3, -0.25) is 9.78 Å². The summed E-state index contributed by atoms with van der Waals surface area (Å²) in [6, 6.07) is 3.68. The van der Waals surface area contributed by atoms with Crippen LogP contribution in [0.4, 0.5) is 0 Å². The van der Waals surface area contributed by atoms with Gasteiger partial charge in [0.2, 0.25) is 0 Å². The average Bonchev–Trinajstić information content (AvgIpc) is 2.73. The van der Waals surface area contributed by atoms with Crippen molar-refractivity contribution in [3.05, 3.63) is 52.6 Å². The number of Topliss-reactive ketones (excluding diaryl/α,β-unsaturated/α-hetero) is 1. The summed E-state index contributed by atoms with van der Waals surface area (Å²) in [5.74, 6) is -0.981. The van der Waals surface area contributed by atoms with E-state index in [0.29, 0.717) is 42.8 Å². The lowest BCUT2D eigenvalue weighted by molar-refractivity contribution is -0.136. The highest BCUT2D eigenvalue weighted by atomic mass is 16.5. The van der Waals surface area contributed by atoms with E-state index in [1.54, 1.807) is 18.5 Å². The minimum Gasteiger partial charge on any atom is -0.466 e. The molecule has 1 aromatic heterocycles. The standard InChI is InChI=1S/C21H27N3O4.C2H6/c1-21(2)9-14-18(16(25)10-21)17(13-5-4-7-23-11-13)19(20(26)27-3)15(24-14)12-28-8-6-22;1-2/h4-5,7,11,17,24H,6,8-10,12,22H2,1-3H3;1-2H3. The molecule has 0 fully saturated rings. The van der Waals surface area contributed by atoms with E-state index in [2.05, 4.69) is 24.1 Å². The van der Waals surface area contributed by atoms with E-state index in [4.69, 9.17) is 15.2 Å². The Hall–Kier alpha value is -2.51. The van der Waals surface area contributed by atoms with Crippen molar-refractivity contribution in [2.24, 2.45) is 11.1 Å². The van der Waals surface area contributed by atoms with Crippen LogP contribution in [0, 0.1) is 5.41 Å². The number of carbonyl (C=O) groups excluding carboxylic acids is 2. The van der Waals surface area contributed by atoms with Crippen LogP contribution in [0.1, 0.15) is 52.0 Å². The van der Waals surface area contributed by atoms with Crippen LogP contribution in [-0.2, 0) is 19.1 Å². The molecule has 1 unspecified atom stereocenters. The van der Waals surface area contributed by atoms with Crippen LogP contribution in [-0.4, -0.2) is 43.6 Å². The first kappa shape index (κ1) is 23.8. The third-order valence-corrected chi connectivity index (χ3v) is 5.06. The van der Waals surface area contributed by atoms with Crippen molar-refractivity contribution >= 4 is 11.8 Å². The largest absolute Gasteiger partial charge is 0.466 e. The molecule has 30 heavy (non-hydrogen) atoms. The predicted molar refractivity (Wildman–Crippen MR) is 115 cm³/mol. The Balaban J connectivity index is 0.00000155. The lowest BCUT2D eigenvalue weighted by atomic mass is 9.69. The number of aromatic nitrogens is 1. The molecule has 1 aliphatic carbocycles. The predicted octanol–water partition coefficient (Wildman–Crippen LogP) is 2.84. The normalized spacial score (nSPS) is 20.1. The number of rotatable bonds is 6. The van der Waals surface area contributed by atoms with Crippen molar-refractivity contribution in [1.29, 1.82) is 0 Å². The first-order valence-corrected chi connectivity index (χ1v) is 10.4. The van der Waals surface area contributed by atoms with Gasteiger partial charge in [0.25, 0.3) is 0 Å². The topological polar surface area (TPSA) is 104 Å². The lowest BCUT2D eigenvalue weighted by Gasteiger charge is -2.39. The number of methoxy groups -OCH3 is 1. The maximum absolute atomic E-state index is 13.1. The van der Waals surface area contributed by atoms with Gasteiger partial charge in [-0.25, -0.2) is 4.79 Å². The molecule has 0 aromatic carbocycles. The van der Waals surface area contributed by atoms with Crippen molar-refractivity contribution in [2.45, 2.75) is 46.5 Å². The van der Waals surface area contributed by atoms with Gasteiger partial charge in [0.15, 0.2) is 5.78 Å². The van der Waals surface area contributed by atoms with E-state index >= 15 is 0 Å². The number of esters is 1. The Morgan fingerprint density at radius 2 is 2.07 bits per heavy atom. The number of ketones is 1. The summed E-state index contributed by atoms with van der Waals surface area (Å²) in [4.78, 5) is 30.1. The van der Waals surface area contributed by atoms with Gasteiger partial charge in [-0.05, 0) is 23.5 Å². The summed E-state index contributed by atoms with van der Waals surface area (Å²) in [6.07, 6.45) is 4.49. The Labute approximate surface area is 178 Å². The quantitative estimate of drug-likeness (QED) is 0.544. The van der Waals surface area contributed by atoms with Crippen LogP contribution in [0.3, 0.4) is 0 Å². The molecular formula is C23H33N3O4. The molecule has 7 heteroatoms. The molecule has 2 heterocycles. The summed E-state index contributed by atoms with van der Waals surface area (Å²) in [7, 11) is 1.34. The fraction of sp³-hybridized carbons (Fsp3) is 0.522. The maximum Gasteiger partial charge on any atom is 0.336 e. The van der Waals surface area contributed by atoms with Crippen molar-refractivity contribution in [1.82, 2.24) is 10.3 Å². The summed E-state index contributed by atoms with van der Waals surface area (Å²) >= 11 is 0. The third-order valence-electron chi connectivity index (χ3n) is 5.06. The zero-order valence-corrected chi connectivity index (χ0v) is 18.6. The molecule has 0 amide bonds. The summed E-state index contributed by atoms with van der Waals surface area (Å²) in [5, 5.41) is 3.32. The molecule has 0 saturated carbocycles. The molecule has 164 valence electrons. The first-order valence-electron chi connectivity index (χ1n) is 10.4. The number of nitrogens with two attached hydrogens (primary N) is 1. The van der Waals surface area contributed by atoms with E-state index in [9.17, 15) is 9.59 Å². The first-order chi connectivity index (χ1) is 14.4. The van der Waals surface area contributed by atoms with Crippen molar-refractivity contribution in [3.63, 3.8) is 0 Å². The fourth-order valence-corrected chi connectivity index (χ4v) is 3.95. The van der Waals surface area contributed by atoms with Crippen molar-refractivity contribution in [2.75, 3.05) is 26.9 Å². The number of ether oxygens (including phenoxy) is 2. The molecular weight excluding hydrogens is 382 g/mol. The zero-order chi connectivity index (χ0) is 22.3. The number of dihydropyridines is 1. The highest BCUT2D eigenvalue weighted by Gasteiger charge is 2.43. The molecule has 0 saturated heterocycles. The second kappa shape index (κ2) is 10.5. The average molecular weight is 416 g/mol. The summed E-state index contributed by atoms with van der Waals surface area (Å²) in [6.45, 7) is 9.07. The van der Waals surface area contributed by atoms with Gasteiger partial charge >= 0.3 is 5.97 Å². The van der Waals surface area contributed by atoms with Crippen LogP contribution < -0.4 is 11.1 Å². The fourth-order valence-electron chi connectivity index (χ4n) is 3.95.